The van der Waals surface area contributed by atoms with Crippen molar-refractivity contribution in [1.29, 1.82) is 0 Å². The van der Waals surface area contributed by atoms with Gasteiger partial charge in [-0.2, -0.15) is 13.2 Å². The zero-order valence-corrected chi connectivity index (χ0v) is 7.49. The lowest BCUT2D eigenvalue weighted by molar-refractivity contribution is -0.137. The van der Waals surface area contributed by atoms with Crippen molar-refractivity contribution in [2.75, 3.05) is 18.5 Å². The van der Waals surface area contributed by atoms with Gasteiger partial charge in [-0.1, -0.05) is 0 Å². The number of alkyl halides is 3. The zero-order valence-electron chi connectivity index (χ0n) is 7.49. The number of ether oxygens (including phenoxy) is 1. The first kappa shape index (κ1) is 10.1. The third-order valence-electron chi connectivity index (χ3n) is 2.04. The topological polar surface area (TPSA) is 21.3 Å². The van der Waals surface area contributed by atoms with Crippen LogP contribution in [-0.2, 0) is 6.18 Å². The molecule has 82 valence electrons. The van der Waals surface area contributed by atoms with Gasteiger partial charge in [0, 0.05) is 6.54 Å². The van der Waals surface area contributed by atoms with Gasteiger partial charge in [-0.3, -0.25) is 0 Å². The number of rotatable bonds is 0. The van der Waals surface area contributed by atoms with Crippen LogP contribution in [-0.4, -0.2) is 13.2 Å². The lowest BCUT2D eigenvalue weighted by atomic mass is 10.1. The molecule has 0 saturated carbocycles. The Morgan fingerprint density at radius 2 is 2.00 bits per heavy atom. The van der Waals surface area contributed by atoms with E-state index in [0.29, 0.717) is 12.6 Å². The summed E-state index contributed by atoms with van der Waals surface area (Å²) >= 11 is 0. The molecule has 1 aromatic rings. The normalized spacial score (nSPS) is 15.2. The molecule has 1 aromatic carbocycles. The van der Waals surface area contributed by atoms with Crippen molar-refractivity contribution < 1.29 is 22.3 Å². The molecule has 2 nitrogen and oxygen atoms in total. The molecule has 0 atom stereocenters. The third-order valence-corrected chi connectivity index (χ3v) is 2.04. The molecule has 0 saturated heterocycles. The maximum atomic E-state index is 13.2. The van der Waals surface area contributed by atoms with Crippen molar-refractivity contribution in [1.82, 2.24) is 0 Å². The number of fused-ring (bicyclic) bond motifs is 1. The molecule has 1 aliphatic rings. The highest BCUT2D eigenvalue weighted by atomic mass is 19.4. The van der Waals surface area contributed by atoms with E-state index >= 15 is 0 Å². The summed E-state index contributed by atoms with van der Waals surface area (Å²) in [6.45, 7) is 0.614. The Kier molecular flexibility index (Phi) is 2.21. The molecule has 2 rings (SSSR count). The van der Waals surface area contributed by atoms with Crippen LogP contribution in [0.5, 0.6) is 5.75 Å². The van der Waals surface area contributed by atoms with Crippen molar-refractivity contribution in [3.8, 4) is 5.75 Å². The second-order valence-electron chi connectivity index (χ2n) is 3.10. The Morgan fingerprint density at radius 3 is 2.67 bits per heavy atom. The largest absolute Gasteiger partial charge is 0.489 e. The molecule has 0 aromatic heterocycles. The van der Waals surface area contributed by atoms with Crippen LogP contribution in [0.3, 0.4) is 0 Å². The number of hydrogen-bond donors (Lipinski definition) is 1. The number of hydrogen-bond acceptors (Lipinski definition) is 2. The second-order valence-corrected chi connectivity index (χ2v) is 3.10. The van der Waals surface area contributed by atoms with E-state index in [4.69, 9.17) is 4.74 Å². The van der Waals surface area contributed by atoms with Crippen LogP contribution in [0.25, 0.3) is 0 Å². The number of halogens is 4. The van der Waals surface area contributed by atoms with E-state index in [1.807, 2.05) is 0 Å². The average molecular weight is 221 g/mol. The fourth-order valence-corrected chi connectivity index (χ4v) is 1.37. The first-order valence-electron chi connectivity index (χ1n) is 4.26. The first-order valence-corrected chi connectivity index (χ1v) is 4.26. The Balaban J connectivity index is 2.50. The third kappa shape index (κ3) is 1.84. The molecule has 0 spiro atoms. The van der Waals surface area contributed by atoms with Gasteiger partial charge in [-0.15, -0.1) is 0 Å². The van der Waals surface area contributed by atoms with E-state index in [1.165, 1.54) is 0 Å². The second kappa shape index (κ2) is 3.29. The van der Waals surface area contributed by atoms with Gasteiger partial charge < -0.3 is 10.1 Å². The summed E-state index contributed by atoms with van der Waals surface area (Å²) in [6, 6.07) is 1.26. The predicted molar refractivity (Wildman–Crippen MR) is 45.4 cm³/mol. The smallest absolute Gasteiger partial charge is 0.416 e. The summed E-state index contributed by atoms with van der Waals surface area (Å²) in [5.74, 6) is -1.03. The molecule has 0 bridgehead atoms. The van der Waals surface area contributed by atoms with Crippen molar-refractivity contribution in [3.63, 3.8) is 0 Å². The summed E-state index contributed by atoms with van der Waals surface area (Å²) in [6.07, 6.45) is -4.56. The fourth-order valence-electron chi connectivity index (χ4n) is 1.37. The molecule has 0 aliphatic carbocycles. The van der Waals surface area contributed by atoms with Crippen molar-refractivity contribution >= 4 is 5.69 Å². The Bertz CT molecular complexity index is 388. The van der Waals surface area contributed by atoms with E-state index < -0.39 is 17.6 Å². The van der Waals surface area contributed by atoms with Crippen LogP contribution in [0.2, 0.25) is 0 Å². The van der Waals surface area contributed by atoms with Gasteiger partial charge in [-0.25, -0.2) is 4.39 Å². The minimum absolute atomic E-state index is 0.00532. The lowest BCUT2D eigenvalue weighted by Crippen LogP contribution is -2.20. The average Bonchev–Trinajstić information content (AvgIpc) is 2.16. The number of anilines is 1. The van der Waals surface area contributed by atoms with Crippen LogP contribution in [0.15, 0.2) is 12.1 Å². The highest BCUT2D eigenvalue weighted by Gasteiger charge is 2.33. The molecule has 15 heavy (non-hydrogen) atoms. The fraction of sp³-hybridized carbons (Fsp3) is 0.333. The molecule has 6 heteroatoms. The summed E-state index contributed by atoms with van der Waals surface area (Å²) in [5.41, 5.74) is -1.04. The van der Waals surface area contributed by atoms with Crippen molar-refractivity contribution in [2.45, 2.75) is 6.18 Å². The quantitative estimate of drug-likeness (QED) is 0.680. The molecule has 0 unspecified atom stereocenters. The molecule has 1 aliphatic heterocycles. The van der Waals surface area contributed by atoms with Gasteiger partial charge in [0.15, 0.2) is 5.82 Å². The van der Waals surface area contributed by atoms with Gasteiger partial charge in [0.2, 0.25) is 0 Å². The summed E-state index contributed by atoms with van der Waals surface area (Å²) in [5, 5.41) is 2.64. The summed E-state index contributed by atoms with van der Waals surface area (Å²) < 4.78 is 55.0. The molecular weight excluding hydrogens is 214 g/mol. The number of benzene rings is 1. The Morgan fingerprint density at radius 1 is 1.27 bits per heavy atom. The monoisotopic (exact) mass is 221 g/mol. The number of nitrogens with one attached hydrogen (secondary N) is 1. The molecule has 1 heterocycles. The zero-order chi connectivity index (χ0) is 11.1. The SMILES string of the molecule is Fc1cc(C(F)(F)F)cc2c1NCCO2. The van der Waals surface area contributed by atoms with Crippen molar-refractivity contribution in [2.24, 2.45) is 0 Å². The maximum absolute atomic E-state index is 13.2. The van der Waals surface area contributed by atoms with E-state index in [2.05, 4.69) is 5.32 Å². The van der Waals surface area contributed by atoms with Gasteiger partial charge in [0.1, 0.15) is 18.0 Å². The van der Waals surface area contributed by atoms with Gasteiger partial charge >= 0.3 is 6.18 Å². The van der Waals surface area contributed by atoms with E-state index in [-0.39, 0.29) is 18.0 Å². The minimum Gasteiger partial charge on any atom is -0.489 e. The molecule has 0 fully saturated rings. The molecule has 0 amide bonds. The van der Waals surface area contributed by atoms with Gasteiger partial charge in [0.05, 0.1) is 5.56 Å². The molecule has 1 N–H and O–H groups in total. The Labute approximate surface area is 82.8 Å². The van der Waals surface area contributed by atoms with E-state index in [9.17, 15) is 17.6 Å². The van der Waals surface area contributed by atoms with Gasteiger partial charge in [0.25, 0.3) is 0 Å². The molecular formula is C9H7F4NO. The maximum Gasteiger partial charge on any atom is 0.416 e. The predicted octanol–water partition coefficient (Wildman–Crippen LogP) is 2.65. The molecule has 0 radical (unpaired) electrons. The summed E-state index contributed by atoms with van der Waals surface area (Å²) in [7, 11) is 0. The first-order chi connectivity index (χ1) is 6.98. The lowest BCUT2D eigenvalue weighted by Gasteiger charge is -2.20. The van der Waals surface area contributed by atoms with Crippen LogP contribution in [0, 0.1) is 5.82 Å². The van der Waals surface area contributed by atoms with Crippen LogP contribution in [0.1, 0.15) is 5.56 Å². The Hall–Kier alpha value is -1.46. The highest BCUT2D eigenvalue weighted by molar-refractivity contribution is 5.60. The standard InChI is InChI=1S/C9H7F4NO/c10-6-3-5(9(11,12)13)4-7-8(6)14-1-2-15-7/h3-4,14H,1-2H2. The van der Waals surface area contributed by atoms with Crippen molar-refractivity contribution in [3.05, 3.63) is 23.5 Å². The van der Waals surface area contributed by atoms with E-state index in [1.54, 1.807) is 0 Å². The highest BCUT2D eigenvalue weighted by Crippen LogP contribution is 2.37. The minimum atomic E-state index is -4.56. The van der Waals surface area contributed by atoms with Gasteiger partial charge in [-0.05, 0) is 12.1 Å². The summed E-state index contributed by atoms with van der Waals surface area (Å²) in [4.78, 5) is 0. The van der Waals surface area contributed by atoms with Crippen LogP contribution >= 0.6 is 0 Å². The van der Waals surface area contributed by atoms with Crippen LogP contribution in [0.4, 0.5) is 23.2 Å². The van der Waals surface area contributed by atoms with Crippen LogP contribution < -0.4 is 10.1 Å². The van der Waals surface area contributed by atoms with E-state index in [0.717, 1.165) is 6.07 Å².